The van der Waals surface area contributed by atoms with Crippen molar-refractivity contribution < 1.29 is 17.2 Å². The number of rotatable bonds is 6. The van der Waals surface area contributed by atoms with Crippen LogP contribution in [0.2, 0.25) is 0 Å². The van der Waals surface area contributed by atoms with Crippen LogP contribution in [0.25, 0.3) is 0 Å². The molecule has 0 radical (unpaired) electrons. The van der Waals surface area contributed by atoms with Gasteiger partial charge in [0.2, 0.25) is 10.0 Å². The Balaban J connectivity index is 1.56. The molecule has 3 rings (SSSR count). The van der Waals surface area contributed by atoms with Gasteiger partial charge < -0.3 is 4.90 Å². The molecular weight excluding hydrogens is 372 g/mol. The summed E-state index contributed by atoms with van der Waals surface area (Å²) < 4.78 is 54.4. The molecule has 146 valence electrons. The van der Waals surface area contributed by atoms with Crippen molar-refractivity contribution in [2.75, 3.05) is 37.6 Å². The molecule has 1 N–H and O–H groups in total. The summed E-state index contributed by atoms with van der Waals surface area (Å²) in [5, 5.41) is 0. The Morgan fingerprint density at radius 2 is 1.56 bits per heavy atom. The fraction of sp³-hybridized carbons (Fsp3) is 0.368. The van der Waals surface area contributed by atoms with Crippen molar-refractivity contribution >= 4 is 15.7 Å². The molecule has 1 atom stereocenters. The molecule has 0 unspecified atom stereocenters. The van der Waals surface area contributed by atoms with E-state index in [1.807, 2.05) is 25.1 Å². The monoisotopic (exact) mass is 395 g/mol. The zero-order valence-corrected chi connectivity index (χ0v) is 15.9. The fourth-order valence-corrected chi connectivity index (χ4v) is 4.49. The summed E-state index contributed by atoms with van der Waals surface area (Å²) >= 11 is 0. The lowest BCUT2D eigenvalue weighted by molar-refractivity contribution is 0.198. The molecule has 5 nitrogen and oxygen atoms in total. The second kappa shape index (κ2) is 8.33. The van der Waals surface area contributed by atoms with Gasteiger partial charge in [-0.1, -0.05) is 24.3 Å². The Bertz CT molecular complexity index is 850. The molecule has 27 heavy (non-hydrogen) atoms. The molecule has 0 saturated carbocycles. The highest BCUT2D eigenvalue weighted by Crippen LogP contribution is 2.19. The number of nitrogens with one attached hydrogen (secondary N) is 1. The van der Waals surface area contributed by atoms with Crippen molar-refractivity contribution in [3.8, 4) is 0 Å². The molecule has 1 saturated heterocycles. The number of sulfonamides is 1. The first-order valence-corrected chi connectivity index (χ1v) is 10.3. The van der Waals surface area contributed by atoms with Gasteiger partial charge in [0.05, 0.1) is 0 Å². The second-order valence-electron chi connectivity index (χ2n) is 6.61. The van der Waals surface area contributed by atoms with Crippen LogP contribution in [0, 0.1) is 11.6 Å². The van der Waals surface area contributed by atoms with Crippen LogP contribution < -0.4 is 9.62 Å². The van der Waals surface area contributed by atoms with Gasteiger partial charge in [-0.3, -0.25) is 4.90 Å². The number of para-hydroxylation sites is 1. The lowest BCUT2D eigenvalue weighted by atomic mass is 10.2. The summed E-state index contributed by atoms with van der Waals surface area (Å²) in [5.74, 6) is -2.18. The average molecular weight is 395 g/mol. The average Bonchev–Trinajstić information content (AvgIpc) is 2.67. The van der Waals surface area contributed by atoms with Crippen LogP contribution in [0.3, 0.4) is 0 Å². The van der Waals surface area contributed by atoms with Crippen LogP contribution in [-0.2, 0) is 10.0 Å². The molecular formula is C19H23F2N3O2S. The van der Waals surface area contributed by atoms with Gasteiger partial charge >= 0.3 is 0 Å². The van der Waals surface area contributed by atoms with Crippen molar-refractivity contribution in [2.45, 2.75) is 17.9 Å². The van der Waals surface area contributed by atoms with E-state index < -0.39 is 26.6 Å². The van der Waals surface area contributed by atoms with Crippen LogP contribution in [0.15, 0.2) is 53.4 Å². The van der Waals surface area contributed by atoms with Crippen molar-refractivity contribution in [3.05, 3.63) is 60.2 Å². The van der Waals surface area contributed by atoms with Crippen LogP contribution in [0.5, 0.6) is 0 Å². The predicted octanol–water partition coefficient (Wildman–Crippen LogP) is 2.45. The van der Waals surface area contributed by atoms with E-state index in [-0.39, 0.29) is 12.6 Å². The van der Waals surface area contributed by atoms with Gasteiger partial charge in [0, 0.05) is 44.5 Å². The van der Waals surface area contributed by atoms with E-state index >= 15 is 0 Å². The van der Waals surface area contributed by atoms with Crippen LogP contribution >= 0.6 is 0 Å². The Morgan fingerprint density at radius 1 is 0.963 bits per heavy atom. The number of halogens is 2. The highest BCUT2D eigenvalue weighted by Gasteiger charge is 2.26. The molecule has 0 spiro atoms. The highest BCUT2D eigenvalue weighted by molar-refractivity contribution is 7.89. The number of nitrogens with zero attached hydrogens (tertiary/aromatic N) is 2. The molecule has 1 aliphatic rings. The number of hydrogen-bond acceptors (Lipinski definition) is 4. The largest absolute Gasteiger partial charge is 0.369 e. The lowest BCUT2D eigenvalue weighted by Gasteiger charge is -2.39. The smallest absolute Gasteiger partial charge is 0.246 e. The molecule has 1 aliphatic heterocycles. The highest BCUT2D eigenvalue weighted by atomic mass is 32.2. The minimum absolute atomic E-state index is 0.0848. The van der Waals surface area contributed by atoms with Crippen LogP contribution in [-0.4, -0.2) is 52.1 Å². The first-order chi connectivity index (χ1) is 12.9. The maximum Gasteiger partial charge on any atom is 0.246 e. The number of hydrogen-bond donors (Lipinski definition) is 1. The van der Waals surface area contributed by atoms with E-state index in [2.05, 4.69) is 26.7 Å². The Morgan fingerprint density at radius 3 is 2.15 bits per heavy atom. The van der Waals surface area contributed by atoms with E-state index in [1.54, 1.807) is 0 Å². The van der Waals surface area contributed by atoms with Gasteiger partial charge in [-0.15, -0.1) is 0 Å². The van der Waals surface area contributed by atoms with E-state index in [9.17, 15) is 17.2 Å². The van der Waals surface area contributed by atoms with Gasteiger partial charge in [0.15, 0.2) is 4.90 Å². The minimum atomic E-state index is -4.25. The van der Waals surface area contributed by atoms with E-state index in [0.717, 1.165) is 44.4 Å². The van der Waals surface area contributed by atoms with Gasteiger partial charge in [-0.25, -0.2) is 21.9 Å². The SMILES string of the molecule is C[C@H](CNS(=O)(=O)c1c(F)cccc1F)N1CCN(c2ccccc2)CC1. The number of piperazine rings is 1. The summed E-state index contributed by atoms with van der Waals surface area (Å²) in [6, 6.07) is 13.0. The van der Waals surface area contributed by atoms with Crippen LogP contribution in [0.1, 0.15) is 6.92 Å². The third-order valence-corrected chi connectivity index (χ3v) is 6.29. The van der Waals surface area contributed by atoms with Crippen molar-refractivity contribution in [2.24, 2.45) is 0 Å². The predicted molar refractivity (Wildman–Crippen MR) is 101 cm³/mol. The van der Waals surface area contributed by atoms with Gasteiger partial charge in [0.1, 0.15) is 11.6 Å². The van der Waals surface area contributed by atoms with E-state index in [0.29, 0.717) is 0 Å². The van der Waals surface area contributed by atoms with E-state index in [1.165, 1.54) is 5.69 Å². The summed E-state index contributed by atoms with van der Waals surface area (Å²) in [6.07, 6.45) is 0. The van der Waals surface area contributed by atoms with Crippen molar-refractivity contribution in [1.82, 2.24) is 9.62 Å². The standard InChI is InChI=1S/C19H23F2N3O2S/c1-15(14-22-27(25,26)19-17(20)8-5-9-18(19)21)23-10-12-24(13-11-23)16-6-3-2-4-7-16/h2-9,15,22H,10-14H2,1H3/t15-/m1/s1. The van der Waals surface area contributed by atoms with Crippen LogP contribution in [0.4, 0.5) is 14.5 Å². The number of benzene rings is 2. The zero-order chi connectivity index (χ0) is 19.4. The fourth-order valence-electron chi connectivity index (χ4n) is 3.23. The molecule has 1 heterocycles. The minimum Gasteiger partial charge on any atom is -0.369 e. The normalized spacial score (nSPS) is 17.1. The third kappa shape index (κ3) is 4.63. The summed E-state index contributed by atoms with van der Waals surface area (Å²) in [4.78, 5) is 3.52. The Hall–Kier alpha value is -2.03. The molecule has 1 fully saturated rings. The van der Waals surface area contributed by atoms with Crippen molar-refractivity contribution in [1.29, 1.82) is 0 Å². The molecule has 0 aromatic heterocycles. The second-order valence-corrected chi connectivity index (χ2v) is 8.31. The topological polar surface area (TPSA) is 52.7 Å². The molecule has 2 aromatic carbocycles. The van der Waals surface area contributed by atoms with Gasteiger partial charge in [-0.2, -0.15) is 0 Å². The summed E-state index contributed by atoms with van der Waals surface area (Å²) in [5.41, 5.74) is 1.17. The molecule has 0 bridgehead atoms. The maximum absolute atomic E-state index is 13.8. The molecule has 2 aromatic rings. The Labute approximate surface area is 158 Å². The third-order valence-electron chi connectivity index (χ3n) is 4.82. The summed E-state index contributed by atoms with van der Waals surface area (Å²) in [6.45, 7) is 5.23. The first kappa shape index (κ1) is 19.7. The van der Waals surface area contributed by atoms with Crippen molar-refractivity contribution in [3.63, 3.8) is 0 Å². The molecule has 0 aliphatic carbocycles. The first-order valence-electron chi connectivity index (χ1n) is 8.86. The Kier molecular flexibility index (Phi) is 6.08. The zero-order valence-electron chi connectivity index (χ0n) is 15.1. The van der Waals surface area contributed by atoms with Gasteiger partial charge in [0.25, 0.3) is 0 Å². The number of anilines is 1. The molecule has 8 heteroatoms. The molecule has 0 amide bonds. The quantitative estimate of drug-likeness (QED) is 0.816. The maximum atomic E-state index is 13.8. The van der Waals surface area contributed by atoms with E-state index in [4.69, 9.17) is 0 Å². The van der Waals surface area contributed by atoms with Gasteiger partial charge in [-0.05, 0) is 31.2 Å². The lowest BCUT2D eigenvalue weighted by Crippen LogP contribution is -2.52. The summed E-state index contributed by atoms with van der Waals surface area (Å²) in [7, 11) is -4.25.